The lowest BCUT2D eigenvalue weighted by molar-refractivity contribution is -0.137. The summed E-state index contributed by atoms with van der Waals surface area (Å²) in [4.78, 5) is 17.7. The van der Waals surface area contributed by atoms with Crippen molar-refractivity contribution in [1.29, 1.82) is 0 Å². The number of halogens is 3. The lowest BCUT2D eigenvalue weighted by atomic mass is 9.97. The molecule has 25 heavy (non-hydrogen) atoms. The van der Waals surface area contributed by atoms with Gasteiger partial charge in [0.05, 0.1) is 11.6 Å². The van der Waals surface area contributed by atoms with Crippen LogP contribution in [0, 0.1) is 5.92 Å². The molecule has 2 atom stereocenters. The topological polar surface area (TPSA) is 57.3 Å². The third-order valence-electron chi connectivity index (χ3n) is 4.85. The quantitative estimate of drug-likeness (QED) is 0.868. The molecule has 2 N–H and O–H groups in total. The van der Waals surface area contributed by atoms with E-state index in [1.807, 2.05) is 0 Å². The van der Waals surface area contributed by atoms with Gasteiger partial charge in [-0.1, -0.05) is 0 Å². The number of amides is 1. The number of carbonyl (C=O) groups is 1. The van der Waals surface area contributed by atoms with Crippen molar-refractivity contribution in [3.8, 4) is 0 Å². The van der Waals surface area contributed by atoms with Gasteiger partial charge in [-0.3, -0.25) is 4.79 Å². The number of nitrogens with zero attached hydrogens (tertiary/aromatic N) is 2. The van der Waals surface area contributed by atoms with Crippen LogP contribution in [0.5, 0.6) is 0 Å². The van der Waals surface area contributed by atoms with Crippen LogP contribution in [0.3, 0.4) is 0 Å². The van der Waals surface area contributed by atoms with Crippen LogP contribution in [0.25, 0.3) is 0 Å². The number of anilines is 1. The number of hydrogen-bond acceptors (Lipinski definition) is 4. The number of rotatable bonds is 4. The van der Waals surface area contributed by atoms with E-state index in [0.29, 0.717) is 19.6 Å². The van der Waals surface area contributed by atoms with Gasteiger partial charge in [0.25, 0.3) is 0 Å². The van der Waals surface area contributed by atoms with Gasteiger partial charge in [0.15, 0.2) is 0 Å². The number of nitrogens with one attached hydrogen (secondary N) is 2. The zero-order valence-corrected chi connectivity index (χ0v) is 14.0. The van der Waals surface area contributed by atoms with Crippen molar-refractivity contribution >= 4 is 11.7 Å². The average molecular weight is 356 g/mol. The van der Waals surface area contributed by atoms with E-state index in [4.69, 9.17) is 0 Å². The summed E-state index contributed by atoms with van der Waals surface area (Å²) in [5.41, 5.74) is -0.699. The van der Waals surface area contributed by atoms with Crippen LogP contribution in [-0.4, -0.2) is 43.1 Å². The maximum Gasteiger partial charge on any atom is 0.419 e. The smallest absolute Gasteiger partial charge is 0.356 e. The van der Waals surface area contributed by atoms with E-state index in [1.54, 1.807) is 4.90 Å². The predicted molar refractivity (Wildman–Crippen MR) is 88.2 cm³/mol. The highest BCUT2D eigenvalue weighted by Gasteiger charge is 2.36. The molecule has 0 radical (unpaired) electrons. The minimum atomic E-state index is -4.42. The fraction of sp³-hybridized carbons (Fsp3) is 0.647. The van der Waals surface area contributed by atoms with Gasteiger partial charge >= 0.3 is 6.18 Å². The maximum atomic E-state index is 13.2. The zero-order valence-electron chi connectivity index (χ0n) is 14.0. The first kappa shape index (κ1) is 18.0. The van der Waals surface area contributed by atoms with Crippen molar-refractivity contribution in [2.24, 2.45) is 5.92 Å². The Hall–Kier alpha value is -1.83. The number of piperidine rings is 1. The Bertz CT molecular complexity index is 602. The minimum Gasteiger partial charge on any atom is -0.356 e. The van der Waals surface area contributed by atoms with Crippen molar-refractivity contribution < 1.29 is 18.0 Å². The van der Waals surface area contributed by atoms with E-state index < -0.39 is 11.7 Å². The van der Waals surface area contributed by atoms with Crippen molar-refractivity contribution in [2.75, 3.05) is 31.1 Å². The van der Waals surface area contributed by atoms with Gasteiger partial charge in [-0.05, 0) is 50.3 Å². The molecule has 0 spiro atoms. The summed E-state index contributed by atoms with van der Waals surface area (Å²) in [5.74, 6) is 0.106. The molecular formula is C17H23F3N4O. The molecule has 0 saturated carbocycles. The molecule has 0 aromatic carbocycles. The first-order chi connectivity index (χ1) is 11.9. The molecule has 2 fully saturated rings. The van der Waals surface area contributed by atoms with Gasteiger partial charge < -0.3 is 15.5 Å². The molecule has 3 heterocycles. The zero-order chi connectivity index (χ0) is 17.9. The average Bonchev–Trinajstić information content (AvgIpc) is 3.14. The molecule has 1 aromatic rings. The van der Waals surface area contributed by atoms with E-state index in [2.05, 4.69) is 15.6 Å². The third kappa shape index (κ3) is 4.42. The van der Waals surface area contributed by atoms with Gasteiger partial charge in [-0.15, -0.1) is 0 Å². The third-order valence-corrected chi connectivity index (χ3v) is 4.85. The first-order valence-electron chi connectivity index (χ1n) is 8.73. The van der Waals surface area contributed by atoms with Gasteiger partial charge in [0.2, 0.25) is 5.91 Å². The van der Waals surface area contributed by atoms with Crippen LogP contribution < -0.4 is 15.5 Å². The summed E-state index contributed by atoms with van der Waals surface area (Å²) in [7, 11) is 0. The lowest BCUT2D eigenvalue weighted by Gasteiger charge is -2.35. The molecular weight excluding hydrogens is 333 g/mol. The van der Waals surface area contributed by atoms with Crippen LogP contribution in [0.1, 0.15) is 31.2 Å². The highest BCUT2D eigenvalue weighted by atomic mass is 19.4. The lowest BCUT2D eigenvalue weighted by Crippen LogP contribution is -2.46. The number of alkyl halides is 3. The largest absolute Gasteiger partial charge is 0.419 e. The Kier molecular flexibility index (Phi) is 5.46. The summed E-state index contributed by atoms with van der Waals surface area (Å²) in [6.07, 6.45) is 0.487. The Balaban J connectivity index is 1.61. The van der Waals surface area contributed by atoms with Crippen LogP contribution >= 0.6 is 0 Å². The summed E-state index contributed by atoms with van der Waals surface area (Å²) in [6.45, 7) is 2.37. The highest BCUT2D eigenvalue weighted by Crippen LogP contribution is 2.36. The van der Waals surface area contributed by atoms with Crippen LogP contribution in [0.4, 0.5) is 19.0 Å². The van der Waals surface area contributed by atoms with Crippen molar-refractivity contribution in [3.05, 3.63) is 23.9 Å². The second kappa shape index (κ2) is 7.59. The highest BCUT2D eigenvalue weighted by molar-refractivity contribution is 5.82. The fourth-order valence-electron chi connectivity index (χ4n) is 3.57. The van der Waals surface area contributed by atoms with E-state index >= 15 is 0 Å². The molecule has 2 aliphatic heterocycles. The molecule has 2 aliphatic rings. The Morgan fingerprint density at radius 2 is 2.20 bits per heavy atom. The summed E-state index contributed by atoms with van der Waals surface area (Å²) < 4.78 is 39.6. The van der Waals surface area contributed by atoms with Gasteiger partial charge in [0, 0.05) is 25.8 Å². The van der Waals surface area contributed by atoms with Crippen molar-refractivity contribution in [2.45, 2.75) is 37.9 Å². The molecule has 1 amide bonds. The molecule has 0 bridgehead atoms. The van der Waals surface area contributed by atoms with Gasteiger partial charge in [-0.2, -0.15) is 13.2 Å². The minimum absolute atomic E-state index is 0.0107. The van der Waals surface area contributed by atoms with Gasteiger partial charge in [-0.25, -0.2) is 4.98 Å². The molecule has 5 nitrogen and oxygen atoms in total. The Labute approximate surface area is 145 Å². The molecule has 3 rings (SSSR count). The standard InChI is InChI=1S/C17H23F3N4O/c18-17(19,20)13-5-1-8-22-15(13)24-9-3-4-12(11-24)10-23-16(25)14-6-2-7-21-14/h1,5,8,12,14,21H,2-4,6-7,9-11H2,(H,23,25). The summed E-state index contributed by atoms with van der Waals surface area (Å²) in [6, 6.07) is 2.24. The molecule has 0 aliphatic carbocycles. The maximum absolute atomic E-state index is 13.2. The molecule has 2 unspecified atom stereocenters. The van der Waals surface area contributed by atoms with E-state index in [-0.39, 0.29) is 23.7 Å². The fourth-order valence-corrected chi connectivity index (χ4v) is 3.57. The van der Waals surface area contributed by atoms with Crippen LogP contribution in [0.15, 0.2) is 18.3 Å². The Morgan fingerprint density at radius 1 is 1.36 bits per heavy atom. The number of aromatic nitrogens is 1. The monoisotopic (exact) mass is 356 g/mol. The number of hydrogen-bond donors (Lipinski definition) is 2. The second-order valence-electron chi connectivity index (χ2n) is 6.72. The van der Waals surface area contributed by atoms with Gasteiger partial charge in [0.1, 0.15) is 5.82 Å². The second-order valence-corrected chi connectivity index (χ2v) is 6.72. The molecule has 1 aromatic heterocycles. The van der Waals surface area contributed by atoms with Crippen molar-refractivity contribution in [3.63, 3.8) is 0 Å². The summed E-state index contributed by atoms with van der Waals surface area (Å²) in [5, 5.41) is 6.09. The van der Waals surface area contributed by atoms with Crippen molar-refractivity contribution in [1.82, 2.24) is 15.6 Å². The molecule has 8 heteroatoms. The molecule has 2 saturated heterocycles. The SMILES string of the molecule is O=C(NCC1CCCN(c2ncccc2C(F)(F)F)C1)C1CCCN1. The molecule has 138 valence electrons. The van der Waals surface area contributed by atoms with E-state index in [9.17, 15) is 18.0 Å². The van der Waals surface area contributed by atoms with Crippen LogP contribution in [-0.2, 0) is 11.0 Å². The predicted octanol–water partition coefficient (Wildman–Crippen LogP) is 2.18. The summed E-state index contributed by atoms with van der Waals surface area (Å²) >= 11 is 0. The Morgan fingerprint density at radius 3 is 2.92 bits per heavy atom. The number of pyridine rings is 1. The van der Waals surface area contributed by atoms with Crippen LogP contribution in [0.2, 0.25) is 0 Å². The van der Waals surface area contributed by atoms with E-state index in [1.165, 1.54) is 12.3 Å². The first-order valence-corrected chi connectivity index (χ1v) is 8.73. The van der Waals surface area contributed by atoms with E-state index in [0.717, 1.165) is 38.3 Å². The number of carbonyl (C=O) groups excluding carboxylic acids is 1. The normalized spacial score (nSPS) is 24.4.